The number of ether oxygens (including phenoxy) is 1. The van der Waals surface area contributed by atoms with Crippen LogP contribution in [0.5, 0.6) is 5.75 Å². The van der Waals surface area contributed by atoms with Crippen molar-refractivity contribution in [1.82, 2.24) is 19.5 Å². The van der Waals surface area contributed by atoms with E-state index in [9.17, 15) is 4.79 Å². The van der Waals surface area contributed by atoms with Crippen molar-refractivity contribution in [2.75, 3.05) is 13.1 Å². The summed E-state index contributed by atoms with van der Waals surface area (Å²) >= 11 is 0. The highest BCUT2D eigenvalue weighted by atomic mass is 16.5. The second-order valence-corrected chi connectivity index (χ2v) is 6.11. The van der Waals surface area contributed by atoms with Crippen LogP contribution in [0.15, 0.2) is 42.7 Å². The molecule has 1 aliphatic rings. The lowest BCUT2D eigenvalue weighted by Crippen LogP contribution is -2.56. The second kappa shape index (κ2) is 5.63. The van der Waals surface area contributed by atoms with Crippen LogP contribution in [0.3, 0.4) is 0 Å². The zero-order chi connectivity index (χ0) is 16.7. The number of benzene rings is 1. The van der Waals surface area contributed by atoms with E-state index < -0.39 is 0 Å². The van der Waals surface area contributed by atoms with E-state index in [0.717, 1.165) is 16.9 Å². The number of hydrogen-bond acceptors (Lipinski definition) is 4. The minimum absolute atomic E-state index is 0.0312. The van der Waals surface area contributed by atoms with Crippen molar-refractivity contribution in [2.45, 2.75) is 20.0 Å². The summed E-state index contributed by atoms with van der Waals surface area (Å²) in [6, 6.07) is 11.5. The Balaban J connectivity index is 1.46. The Kier molecular flexibility index (Phi) is 3.45. The van der Waals surface area contributed by atoms with E-state index in [-0.39, 0.29) is 12.0 Å². The molecule has 0 aliphatic carbocycles. The van der Waals surface area contributed by atoms with E-state index in [1.807, 2.05) is 44.2 Å². The van der Waals surface area contributed by atoms with Gasteiger partial charge in [-0.3, -0.25) is 4.79 Å². The van der Waals surface area contributed by atoms with Gasteiger partial charge in [0.2, 0.25) is 0 Å². The fourth-order valence-corrected chi connectivity index (χ4v) is 3.00. The number of rotatable bonds is 3. The van der Waals surface area contributed by atoms with Crippen LogP contribution >= 0.6 is 0 Å². The molecule has 1 amide bonds. The number of likely N-dealkylation sites (tertiary alicyclic amines) is 1. The van der Waals surface area contributed by atoms with Gasteiger partial charge in [0.15, 0.2) is 5.65 Å². The highest BCUT2D eigenvalue weighted by Crippen LogP contribution is 2.26. The normalized spacial score (nSPS) is 14.7. The first-order chi connectivity index (χ1) is 11.6. The summed E-state index contributed by atoms with van der Waals surface area (Å²) in [4.78, 5) is 18.5. The maximum Gasteiger partial charge on any atom is 0.272 e. The van der Waals surface area contributed by atoms with Crippen LogP contribution in [0.25, 0.3) is 5.65 Å². The molecule has 4 rings (SSSR count). The van der Waals surface area contributed by atoms with Gasteiger partial charge in [-0.25, -0.2) is 9.50 Å². The molecule has 3 heterocycles. The summed E-state index contributed by atoms with van der Waals surface area (Å²) in [7, 11) is 0. The summed E-state index contributed by atoms with van der Waals surface area (Å²) < 4.78 is 7.64. The van der Waals surface area contributed by atoms with Crippen LogP contribution in [0.2, 0.25) is 0 Å². The molecular formula is C18H18N4O2. The third kappa shape index (κ3) is 2.40. The smallest absolute Gasteiger partial charge is 0.272 e. The summed E-state index contributed by atoms with van der Waals surface area (Å²) in [5, 5.41) is 4.12. The Bertz CT molecular complexity index is 892. The summed E-state index contributed by atoms with van der Waals surface area (Å²) in [5.41, 5.74) is 3.43. The molecule has 6 heteroatoms. The van der Waals surface area contributed by atoms with E-state index >= 15 is 0 Å². The van der Waals surface area contributed by atoms with E-state index in [1.54, 1.807) is 15.5 Å². The number of fused-ring (bicyclic) bond motifs is 1. The third-order valence-corrected chi connectivity index (χ3v) is 4.35. The number of carbonyl (C=O) groups is 1. The lowest BCUT2D eigenvalue weighted by molar-refractivity contribution is 0.0166. The predicted molar refractivity (Wildman–Crippen MR) is 89.2 cm³/mol. The van der Waals surface area contributed by atoms with Gasteiger partial charge >= 0.3 is 0 Å². The van der Waals surface area contributed by atoms with Crippen molar-refractivity contribution in [3.8, 4) is 5.75 Å². The number of nitrogens with zero attached hydrogens (tertiary/aromatic N) is 4. The van der Waals surface area contributed by atoms with Gasteiger partial charge in [0.25, 0.3) is 5.91 Å². The molecule has 0 spiro atoms. The molecular weight excluding hydrogens is 304 g/mol. The molecule has 0 saturated carbocycles. The Morgan fingerprint density at radius 3 is 2.58 bits per heavy atom. The first kappa shape index (κ1) is 14.7. The van der Waals surface area contributed by atoms with Crippen molar-refractivity contribution < 1.29 is 9.53 Å². The topological polar surface area (TPSA) is 59.7 Å². The van der Waals surface area contributed by atoms with Crippen molar-refractivity contribution >= 4 is 11.6 Å². The predicted octanol–water partition coefficient (Wildman–Crippen LogP) is 2.25. The molecule has 2 aromatic heterocycles. The lowest BCUT2D eigenvalue weighted by atomic mass is 10.1. The first-order valence-corrected chi connectivity index (χ1v) is 7.94. The van der Waals surface area contributed by atoms with Crippen molar-refractivity contribution in [3.05, 3.63) is 59.5 Å². The van der Waals surface area contributed by atoms with E-state index in [2.05, 4.69) is 10.1 Å². The highest BCUT2D eigenvalue weighted by Gasteiger charge is 2.34. The van der Waals surface area contributed by atoms with Crippen molar-refractivity contribution in [1.29, 1.82) is 0 Å². The Morgan fingerprint density at radius 1 is 1.12 bits per heavy atom. The fraction of sp³-hybridized carbons (Fsp3) is 0.278. The molecule has 1 aliphatic heterocycles. The van der Waals surface area contributed by atoms with Gasteiger partial charge < -0.3 is 9.64 Å². The zero-order valence-corrected chi connectivity index (χ0v) is 13.6. The molecule has 1 aromatic carbocycles. The van der Waals surface area contributed by atoms with Crippen LogP contribution in [-0.4, -0.2) is 44.6 Å². The van der Waals surface area contributed by atoms with E-state index in [1.165, 1.54) is 6.33 Å². The van der Waals surface area contributed by atoms with Gasteiger partial charge in [0, 0.05) is 0 Å². The molecule has 0 unspecified atom stereocenters. The van der Waals surface area contributed by atoms with Gasteiger partial charge in [0.1, 0.15) is 23.9 Å². The number of amides is 1. The monoisotopic (exact) mass is 322 g/mol. The minimum Gasteiger partial charge on any atom is -0.486 e. The molecule has 0 N–H and O–H groups in total. The van der Waals surface area contributed by atoms with Gasteiger partial charge in [0.05, 0.1) is 13.1 Å². The molecule has 0 bridgehead atoms. The molecule has 122 valence electrons. The van der Waals surface area contributed by atoms with Crippen LogP contribution in [0, 0.1) is 13.8 Å². The Labute approximate surface area is 139 Å². The molecule has 1 saturated heterocycles. The average molecular weight is 322 g/mol. The maximum atomic E-state index is 12.7. The van der Waals surface area contributed by atoms with Crippen molar-refractivity contribution in [2.24, 2.45) is 0 Å². The number of pyridine rings is 1. The lowest BCUT2D eigenvalue weighted by Gasteiger charge is -2.39. The van der Waals surface area contributed by atoms with Gasteiger partial charge in [-0.1, -0.05) is 24.3 Å². The quantitative estimate of drug-likeness (QED) is 0.742. The van der Waals surface area contributed by atoms with Crippen molar-refractivity contribution in [3.63, 3.8) is 0 Å². The molecule has 0 atom stereocenters. The first-order valence-electron chi connectivity index (χ1n) is 7.94. The highest BCUT2D eigenvalue weighted by molar-refractivity contribution is 5.93. The molecule has 6 nitrogen and oxygen atoms in total. The Morgan fingerprint density at radius 2 is 1.83 bits per heavy atom. The SMILES string of the molecule is Cc1cccc(C)c1OC1CN(C(=O)c2cccc3ncnn23)C1. The molecule has 24 heavy (non-hydrogen) atoms. The maximum absolute atomic E-state index is 12.7. The van der Waals surface area contributed by atoms with Crippen LogP contribution in [0.4, 0.5) is 0 Å². The number of para-hydroxylation sites is 1. The summed E-state index contributed by atoms with van der Waals surface area (Å²) in [5.74, 6) is 0.875. The number of hydrogen-bond donors (Lipinski definition) is 0. The molecule has 3 aromatic rings. The fourth-order valence-electron chi connectivity index (χ4n) is 3.00. The molecule has 0 radical (unpaired) electrons. The summed E-state index contributed by atoms with van der Waals surface area (Å²) in [6.45, 7) is 5.24. The zero-order valence-electron chi connectivity index (χ0n) is 13.6. The standard InChI is InChI=1S/C18H18N4O2/c1-12-5-3-6-13(2)17(12)24-14-9-21(10-14)18(23)15-7-4-8-16-19-11-20-22(15)16/h3-8,11,14H,9-10H2,1-2H3. The van der Waals surface area contributed by atoms with Gasteiger partial charge in [-0.15, -0.1) is 0 Å². The van der Waals surface area contributed by atoms with Gasteiger partial charge in [-0.05, 0) is 37.1 Å². The largest absolute Gasteiger partial charge is 0.486 e. The van der Waals surface area contributed by atoms with Crippen LogP contribution in [0.1, 0.15) is 21.6 Å². The van der Waals surface area contributed by atoms with Crippen LogP contribution in [-0.2, 0) is 0 Å². The minimum atomic E-state index is -0.0487. The Hall–Kier alpha value is -2.89. The summed E-state index contributed by atoms with van der Waals surface area (Å²) in [6.07, 6.45) is 1.48. The second-order valence-electron chi connectivity index (χ2n) is 6.11. The van der Waals surface area contributed by atoms with E-state index in [4.69, 9.17) is 4.74 Å². The third-order valence-electron chi connectivity index (χ3n) is 4.35. The van der Waals surface area contributed by atoms with Gasteiger partial charge in [-0.2, -0.15) is 5.10 Å². The number of carbonyl (C=O) groups excluding carboxylic acids is 1. The molecule has 1 fully saturated rings. The van der Waals surface area contributed by atoms with E-state index in [0.29, 0.717) is 24.4 Å². The average Bonchev–Trinajstić information content (AvgIpc) is 3.00. The number of aryl methyl sites for hydroxylation is 2. The van der Waals surface area contributed by atoms with Crippen LogP contribution < -0.4 is 4.74 Å². The number of aromatic nitrogens is 3.